The number of hydrogen-bond donors (Lipinski definition) is 1. The number of halogens is 1. The summed E-state index contributed by atoms with van der Waals surface area (Å²) in [7, 11) is -3.72. The van der Waals surface area contributed by atoms with Gasteiger partial charge in [-0.15, -0.1) is 0 Å². The summed E-state index contributed by atoms with van der Waals surface area (Å²) in [5.74, 6) is 0.378. The zero-order chi connectivity index (χ0) is 21.0. The number of carbonyl (C=O) groups excluding carboxylic acids is 1. The number of nitrogens with zero attached hydrogens (tertiary/aromatic N) is 1. The Hall–Kier alpha value is -1.70. The fraction of sp³-hybridized carbons (Fsp3) is 0.409. The van der Waals surface area contributed by atoms with Crippen LogP contribution >= 0.6 is 15.9 Å². The second kappa shape index (κ2) is 9.41. The Morgan fingerprint density at radius 2 is 1.86 bits per heavy atom. The van der Waals surface area contributed by atoms with Crippen LogP contribution in [-0.2, 0) is 21.2 Å². The van der Waals surface area contributed by atoms with Crippen molar-refractivity contribution < 1.29 is 13.2 Å². The fourth-order valence-electron chi connectivity index (χ4n) is 3.62. The molecule has 0 spiro atoms. The van der Waals surface area contributed by atoms with Crippen LogP contribution in [0.15, 0.2) is 57.9 Å². The average molecular weight is 479 g/mol. The predicted octanol–water partition coefficient (Wildman–Crippen LogP) is 4.29. The van der Waals surface area contributed by atoms with Gasteiger partial charge in [0.25, 0.3) is 0 Å². The maximum absolute atomic E-state index is 13.4. The lowest BCUT2D eigenvalue weighted by atomic mass is 9.92. The van der Waals surface area contributed by atoms with E-state index in [0.29, 0.717) is 25.4 Å². The maximum Gasteiger partial charge on any atom is 0.243 e. The van der Waals surface area contributed by atoms with E-state index in [1.54, 1.807) is 24.3 Å². The lowest BCUT2D eigenvalue weighted by molar-refractivity contribution is -0.122. The number of amides is 1. The molecule has 1 heterocycles. The molecule has 5 nitrogen and oxygen atoms in total. The smallest absolute Gasteiger partial charge is 0.243 e. The molecule has 3 rings (SSSR count). The first-order chi connectivity index (χ1) is 13.8. The molecule has 0 bridgehead atoms. The van der Waals surface area contributed by atoms with E-state index in [0.717, 1.165) is 22.0 Å². The Bertz CT molecular complexity index is 958. The molecule has 29 heavy (non-hydrogen) atoms. The first-order valence-electron chi connectivity index (χ1n) is 9.91. The highest BCUT2D eigenvalue weighted by molar-refractivity contribution is 9.10. The van der Waals surface area contributed by atoms with Crippen LogP contribution in [0.1, 0.15) is 43.9 Å². The molecule has 1 N–H and O–H groups in total. The molecule has 0 aromatic heterocycles. The van der Waals surface area contributed by atoms with Crippen molar-refractivity contribution in [2.24, 2.45) is 5.92 Å². The van der Waals surface area contributed by atoms with Crippen LogP contribution in [0.25, 0.3) is 0 Å². The van der Waals surface area contributed by atoms with Crippen LogP contribution in [0.5, 0.6) is 0 Å². The van der Waals surface area contributed by atoms with Crippen LogP contribution in [0, 0.1) is 5.92 Å². The summed E-state index contributed by atoms with van der Waals surface area (Å²) in [6.45, 7) is 5.18. The Kier molecular flexibility index (Phi) is 7.14. The van der Waals surface area contributed by atoms with Gasteiger partial charge in [-0.3, -0.25) is 4.79 Å². The molecule has 2 aromatic carbocycles. The number of sulfonamides is 1. The number of rotatable bonds is 7. The topological polar surface area (TPSA) is 66.5 Å². The van der Waals surface area contributed by atoms with E-state index < -0.39 is 16.1 Å². The van der Waals surface area contributed by atoms with Gasteiger partial charge in [-0.2, -0.15) is 4.31 Å². The van der Waals surface area contributed by atoms with Crippen molar-refractivity contribution in [3.63, 3.8) is 0 Å². The van der Waals surface area contributed by atoms with Crippen LogP contribution in [0.3, 0.4) is 0 Å². The Labute approximate surface area is 181 Å². The summed E-state index contributed by atoms with van der Waals surface area (Å²) >= 11 is 3.35. The molecular formula is C22H27BrN2O3S. The van der Waals surface area contributed by atoms with Crippen molar-refractivity contribution in [1.82, 2.24) is 9.62 Å². The molecule has 0 unspecified atom stereocenters. The minimum Gasteiger partial charge on any atom is -0.356 e. The lowest BCUT2D eigenvalue weighted by Crippen LogP contribution is -2.42. The van der Waals surface area contributed by atoms with Gasteiger partial charge in [-0.05, 0) is 54.2 Å². The molecule has 1 aliphatic heterocycles. The van der Waals surface area contributed by atoms with Crippen molar-refractivity contribution in [2.75, 3.05) is 13.1 Å². The van der Waals surface area contributed by atoms with Crippen molar-refractivity contribution in [2.45, 2.75) is 44.0 Å². The van der Waals surface area contributed by atoms with Crippen molar-refractivity contribution in [3.05, 3.63) is 64.1 Å². The first-order valence-corrected chi connectivity index (χ1v) is 12.1. The van der Waals surface area contributed by atoms with Crippen molar-refractivity contribution in [1.29, 1.82) is 0 Å². The second-order valence-corrected chi connectivity index (χ2v) is 10.6. The molecule has 1 aliphatic rings. The van der Waals surface area contributed by atoms with Crippen molar-refractivity contribution in [3.8, 4) is 0 Å². The Balaban J connectivity index is 1.89. The SMILES string of the molecule is CC(C)CCNC(=O)C[C@H]1c2ccccc2CCN1S(=O)(=O)c1ccc(Br)cc1. The number of fused-ring (bicyclic) bond motifs is 1. The zero-order valence-electron chi connectivity index (χ0n) is 16.8. The summed E-state index contributed by atoms with van der Waals surface area (Å²) in [5.41, 5.74) is 2.02. The number of carbonyl (C=O) groups is 1. The zero-order valence-corrected chi connectivity index (χ0v) is 19.2. The average Bonchev–Trinajstić information content (AvgIpc) is 2.68. The summed E-state index contributed by atoms with van der Waals surface area (Å²) in [4.78, 5) is 12.9. The number of hydrogen-bond acceptors (Lipinski definition) is 3. The quantitative estimate of drug-likeness (QED) is 0.645. The van der Waals surface area contributed by atoms with Gasteiger partial charge in [0.05, 0.1) is 10.9 Å². The van der Waals surface area contributed by atoms with E-state index in [4.69, 9.17) is 0 Å². The van der Waals surface area contributed by atoms with E-state index in [9.17, 15) is 13.2 Å². The van der Waals surface area contributed by atoms with Gasteiger partial charge in [-0.25, -0.2) is 8.42 Å². The van der Waals surface area contributed by atoms with E-state index in [1.807, 2.05) is 24.3 Å². The Morgan fingerprint density at radius 3 is 2.55 bits per heavy atom. The highest BCUT2D eigenvalue weighted by atomic mass is 79.9. The van der Waals surface area contributed by atoms with E-state index >= 15 is 0 Å². The third-order valence-electron chi connectivity index (χ3n) is 5.21. The van der Waals surface area contributed by atoms with Gasteiger partial charge < -0.3 is 5.32 Å². The molecule has 1 atom stereocenters. The number of nitrogens with one attached hydrogen (secondary N) is 1. The molecule has 0 aliphatic carbocycles. The predicted molar refractivity (Wildman–Crippen MR) is 118 cm³/mol. The minimum absolute atomic E-state index is 0.116. The van der Waals surface area contributed by atoms with E-state index in [-0.39, 0.29) is 17.2 Å². The van der Waals surface area contributed by atoms with Gasteiger partial charge >= 0.3 is 0 Å². The molecule has 2 aromatic rings. The Morgan fingerprint density at radius 1 is 1.17 bits per heavy atom. The van der Waals surface area contributed by atoms with E-state index in [2.05, 4.69) is 35.1 Å². The lowest BCUT2D eigenvalue weighted by Gasteiger charge is -2.36. The monoisotopic (exact) mass is 478 g/mol. The maximum atomic E-state index is 13.4. The standard InChI is InChI=1S/C22H27BrN2O3S/c1-16(2)11-13-24-22(26)15-21-20-6-4-3-5-17(20)12-14-25(21)29(27,28)19-9-7-18(23)8-10-19/h3-10,16,21H,11-15H2,1-2H3,(H,24,26)/t21-/m0/s1. The molecule has 0 saturated heterocycles. The molecule has 0 fully saturated rings. The second-order valence-electron chi connectivity index (χ2n) is 7.77. The summed E-state index contributed by atoms with van der Waals surface area (Å²) in [5, 5.41) is 2.94. The third kappa shape index (κ3) is 5.27. The van der Waals surface area contributed by atoms with Crippen LogP contribution < -0.4 is 5.32 Å². The van der Waals surface area contributed by atoms with Crippen molar-refractivity contribution >= 4 is 31.9 Å². The molecule has 1 amide bonds. The minimum atomic E-state index is -3.72. The fourth-order valence-corrected chi connectivity index (χ4v) is 5.49. The van der Waals surface area contributed by atoms with Crippen LogP contribution in [0.2, 0.25) is 0 Å². The van der Waals surface area contributed by atoms with Crippen LogP contribution in [-0.4, -0.2) is 31.7 Å². The number of benzene rings is 2. The van der Waals surface area contributed by atoms with Gasteiger partial charge in [0.1, 0.15) is 0 Å². The van der Waals surface area contributed by atoms with Crippen LogP contribution in [0.4, 0.5) is 0 Å². The third-order valence-corrected chi connectivity index (χ3v) is 7.66. The summed E-state index contributed by atoms with van der Waals surface area (Å²) in [6, 6.07) is 13.9. The highest BCUT2D eigenvalue weighted by Gasteiger charge is 2.37. The molecule has 0 saturated carbocycles. The van der Waals surface area contributed by atoms with Gasteiger partial charge in [0, 0.05) is 24.0 Å². The molecular weight excluding hydrogens is 452 g/mol. The highest BCUT2D eigenvalue weighted by Crippen LogP contribution is 2.36. The first kappa shape index (κ1) is 22.0. The van der Waals surface area contributed by atoms with Gasteiger partial charge in [-0.1, -0.05) is 54.0 Å². The summed E-state index contributed by atoms with van der Waals surface area (Å²) in [6.07, 6.45) is 1.65. The normalized spacial score (nSPS) is 17.2. The summed E-state index contributed by atoms with van der Waals surface area (Å²) < 4.78 is 29.1. The molecule has 156 valence electrons. The van der Waals surface area contributed by atoms with Gasteiger partial charge in [0.2, 0.25) is 15.9 Å². The molecule has 0 radical (unpaired) electrons. The van der Waals surface area contributed by atoms with Gasteiger partial charge in [0.15, 0.2) is 0 Å². The largest absolute Gasteiger partial charge is 0.356 e. The van der Waals surface area contributed by atoms with E-state index in [1.165, 1.54) is 4.31 Å². The molecule has 7 heteroatoms.